The molecule has 0 aliphatic carbocycles. The molecule has 12 aromatic rings. The monoisotopic (exact) mass is 1270 g/mol. The van der Waals surface area contributed by atoms with Gasteiger partial charge in [-0.3, -0.25) is 4.98 Å². The van der Waals surface area contributed by atoms with E-state index in [1.807, 2.05) is 190 Å². The number of aliphatic hydroxyl groups is 4. The first-order valence-electron chi connectivity index (χ1n) is 31.3. The maximum Gasteiger partial charge on any atom is 0.134 e. The highest BCUT2D eigenvalue weighted by Crippen LogP contribution is 2.49. The largest absolute Gasteiger partial charge is 0.507 e. The van der Waals surface area contributed by atoms with E-state index in [1.165, 1.54) is 0 Å². The minimum absolute atomic E-state index is 0.00466. The van der Waals surface area contributed by atoms with Crippen molar-refractivity contribution in [2.45, 2.75) is 98.8 Å². The maximum absolute atomic E-state index is 11.2. The van der Waals surface area contributed by atoms with Crippen LogP contribution in [-0.4, -0.2) is 87.0 Å². The van der Waals surface area contributed by atoms with Crippen LogP contribution in [0.15, 0.2) is 162 Å². The molecule has 14 heteroatoms. The second-order valence-corrected chi connectivity index (χ2v) is 25.5. The summed E-state index contributed by atoms with van der Waals surface area (Å²) in [6.07, 6.45) is 7.58. The molecular weight excluding hydrogens is 1180 g/mol. The molecule has 0 bridgehead atoms. The number of aliphatic hydroxyl groups excluding tert-OH is 4. The number of fused-ring (bicyclic) bond motifs is 3. The molecule has 0 atom stereocenters. The van der Waals surface area contributed by atoms with Crippen LogP contribution < -0.4 is 0 Å². The van der Waals surface area contributed by atoms with Crippen LogP contribution in [0.3, 0.4) is 0 Å². The molecule has 0 saturated heterocycles. The lowest BCUT2D eigenvalue weighted by molar-refractivity contribution is 0.299. The van der Waals surface area contributed by atoms with Gasteiger partial charge in [0.05, 0.1) is 5.92 Å². The Balaban J connectivity index is 0.000000153. The van der Waals surface area contributed by atoms with Gasteiger partial charge in [0.2, 0.25) is 0 Å². The minimum Gasteiger partial charge on any atom is -0.507 e. The van der Waals surface area contributed by atoms with Crippen LogP contribution in [0.5, 0.6) is 34.5 Å². The molecule has 4 heterocycles. The fourth-order valence-corrected chi connectivity index (χ4v) is 14.2. The van der Waals surface area contributed by atoms with Crippen molar-refractivity contribution >= 4 is 43.3 Å². The molecule has 13 nitrogen and oxygen atoms in total. The molecule has 10 N–H and O–H groups in total. The lowest BCUT2D eigenvalue weighted by Crippen LogP contribution is -2.08. The second-order valence-electron chi connectivity index (χ2n) is 24.6. The van der Waals surface area contributed by atoms with E-state index in [-0.39, 0.29) is 66.8 Å². The van der Waals surface area contributed by atoms with Gasteiger partial charge in [-0.05, 0) is 177 Å². The quantitative estimate of drug-likeness (QED) is 0.0410. The summed E-state index contributed by atoms with van der Waals surface area (Å²) in [6.45, 7) is 15.3. The Morgan fingerprint density at radius 1 is 0.419 bits per heavy atom. The number of aromatic hydroxyl groups is 6. The Labute approximate surface area is 546 Å². The van der Waals surface area contributed by atoms with Gasteiger partial charge in [0.15, 0.2) is 0 Å². The van der Waals surface area contributed by atoms with Gasteiger partial charge in [0, 0.05) is 124 Å². The molecule has 93 heavy (non-hydrogen) atoms. The van der Waals surface area contributed by atoms with Crippen molar-refractivity contribution in [2.75, 3.05) is 26.4 Å². The van der Waals surface area contributed by atoms with E-state index in [1.54, 1.807) is 17.5 Å². The number of phenols is 6. The zero-order valence-electron chi connectivity index (χ0n) is 54.1. The number of hydrogen-bond donors (Lipinski definition) is 10. The summed E-state index contributed by atoms with van der Waals surface area (Å²) in [5, 5.41) is 110. The van der Waals surface area contributed by atoms with Gasteiger partial charge in [-0.1, -0.05) is 120 Å². The van der Waals surface area contributed by atoms with Crippen molar-refractivity contribution in [3.8, 4) is 34.5 Å². The van der Waals surface area contributed by atoms with Gasteiger partial charge in [0.25, 0.3) is 0 Å². The lowest BCUT2D eigenvalue weighted by atomic mass is 9.81. The number of pyridine rings is 1. The predicted molar refractivity (Wildman–Crippen MR) is 371 cm³/mol. The van der Waals surface area contributed by atoms with Crippen LogP contribution in [0.25, 0.3) is 32.0 Å². The summed E-state index contributed by atoms with van der Waals surface area (Å²) in [4.78, 5) is 4.31. The maximum atomic E-state index is 11.2. The minimum atomic E-state index is -0.572. The Morgan fingerprint density at radius 3 is 1.27 bits per heavy atom. The van der Waals surface area contributed by atoms with E-state index < -0.39 is 11.8 Å². The van der Waals surface area contributed by atoms with E-state index in [2.05, 4.69) is 33.3 Å². The summed E-state index contributed by atoms with van der Waals surface area (Å²) >= 11 is 1.66. The fourth-order valence-electron chi connectivity index (χ4n) is 13.3. The summed E-state index contributed by atoms with van der Waals surface area (Å²) < 4.78 is 9.41. The number of aromatic nitrogens is 2. The van der Waals surface area contributed by atoms with Crippen molar-refractivity contribution in [1.82, 2.24) is 9.55 Å². The van der Waals surface area contributed by atoms with Crippen LogP contribution in [-0.2, 0) is 32.7 Å². The van der Waals surface area contributed by atoms with Crippen LogP contribution in [0.2, 0.25) is 0 Å². The highest BCUT2D eigenvalue weighted by molar-refractivity contribution is 7.17. The van der Waals surface area contributed by atoms with Gasteiger partial charge in [-0.25, -0.2) is 0 Å². The van der Waals surface area contributed by atoms with Gasteiger partial charge in [0.1, 0.15) is 45.8 Å². The Morgan fingerprint density at radius 2 is 0.817 bits per heavy atom. The molecule has 0 fully saturated rings. The molecule has 12 rings (SSSR count). The van der Waals surface area contributed by atoms with Crippen molar-refractivity contribution in [2.24, 2.45) is 7.05 Å². The van der Waals surface area contributed by atoms with Gasteiger partial charge in [-0.2, -0.15) is 0 Å². The van der Waals surface area contributed by atoms with E-state index in [4.69, 9.17) is 4.42 Å². The van der Waals surface area contributed by atoms with Crippen LogP contribution >= 0.6 is 11.3 Å². The summed E-state index contributed by atoms with van der Waals surface area (Å²) in [7, 11) is 1.99. The zero-order valence-corrected chi connectivity index (χ0v) is 54.9. The SMILES string of the molecule is Cc1cc(C)c(O)c(C(c2cc(C)cc(C)c2O)c2csc3ccncc23)c1.Cc1cc(CCO)cc(C(c2cc(CCO)cc(C)c2O)c2cn(C)c3ccccc23)c1O.Cc1cc(CCO)cc(C(c2cc3ccccc3o2)c2cc(CCO)cc(C)c2O)c1O. The standard InChI is InChI=1S/C28H31NO4.C27H28O5.C24H23NO2S/c1-17-12-19(8-10-30)14-22(27(17)32)26(23-15-20(9-11-31)13-18(2)28(23)33)24-16-29(3)25-7-5-4-6-21(24)25;1-16-11-18(7-9-28)13-21(26(16)30)25(24-15-20-5-3-4-6-23(20)32-24)22-14-19(8-10-29)12-17(2)27(22)31;1-13-7-15(3)23(26)17(9-13)22(18-10-14(2)8-16(4)24(18)27)20-12-28-21-5-6-25-11-19(20)21/h4-7,12-16,26,30-33H,8-11H2,1-3H3;3-6,11-15,25,28-31H,7-10H2,1-2H3;5-12,22,26-27H,1-4H3. The topological polar surface area (TPSA) is 233 Å². The third-order valence-corrected chi connectivity index (χ3v) is 18.6. The van der Waals surface area contributed by atoms with E-state index in [0.717, 1.165) is 110 Å². The molecule has 8 aromatic carbocycles. The molecular formula is C79H82N2O11S. The number of benzene rings is 8. The first-order valence-corrected chi connectivity index (χ1v) is 32.2. The third kappa shape index (κ3) is 13.9. The zero-order chi connectivity index (χ0) is 66.5. The molecule has 0 unspecified atom stereocenters. The number of phenolic OH excluding ortho intramolecular Hbond substituents is 6. The number of aryl methyl sites for hydroxylation is 9. The molecule has 0 aliphatic rings. The average Bonchev–Trinajstić information content (AvgIpc) is 1.73. The first kappa shape index (κ1) is 66.5. The molecule has 0 amide bonds. The van der Waals surface area contributed by atoms with Gasteiger partial charge < -0.3 is 60.0 Å². The Kier molecular flexibility index (Phi) is 20.5. The molecule has 480 valence electrons. The Hall–Kier alpha value is -9.41. The number of furan rings is 1. The second kappa shape index (κ2) is 28.6. The molecule has 0 radical (unpaired) electrons. The van der Waals surface area contributed by atoms with Crippen LogP contribution in [0.1, 0.15) is 135 Å². The molecule has 4 aromatic heterocycles. The van der Waals surface area contributed by atoms with Crippen LogP contribution in [0.4, 0.5) is 0 Å². The summed E-state index contributed by atoms with van der Waals surface area (Å²) in [5.41, 5.74) is 18.3. The average molecular weight is 1270 g/mol. The number of rotatable bonds is 17. The number of nitrogens with zero attached hydrogens (tertiary/aromatic N) is 2. The third-order valence-electron chi connectivity index (χ3n) is 17.7. The van der Waals surface area contributed by atoms with Gasteiger partial charge >= 0.3 is 0 Å². The highest BCUT2D eigenvalue weighted by Gasteiger charge is 2.32. The lowest BCUT2D eigenvalue weighted by Gasteiger charge is -2.24. The Bertz CT molecular complexity index is 4480. The molecule has 0 spiro atoms. The molecule has 0 saturated carbocycles. The summed E-state index contributed by atoms with van der Waals surface area (Å²) in [6, 6.07) is 42.8. The van der Waals surface area contributed by atoms with E-state index in [0.29, 0.717) is 64.8 Å². The van der Waals surface area contributed by atoms with E-state index >= 15 is 0 Å². The van der Waals surface area contributed by atoms with Crippen molar-refractivity contribution in [3.05, 3.63) is 274 Å². The van der Waals surface area contributed by atoms with E-state index in [9.17, 15) is 51.1 Å². The number of para-hydroxylation sites is 2. The normalized spacial score (nSPS) is 11.5. The predicted octanol–water partition coefficient (Wildman–Crippen LogP) is 15.3. The van der Waals surface area contributed by atoms with Crippen molar-refractivity contribution in [3.63, 3.8) is 0 Å². The number of hydrogen-bond acceptors (Lipinski definition) is 13. The number of thiophene rings is 1. The van der Waals surface area contributed by atoms with Crippen molar-refractivity contribution < 1.29 is 55.5 Å². The molecule has 0 aliphatic heterocycles. The summed E-state index contributed by atoms with van der Waals surface area (Å²) in [5.74, 6) is 0.465. The van der Waals surface area contributed by atoms with Crippen molar-refractivity contribution in [1.29, 1.82) is 0 Å². The smallest absolute Gasteiger partial charge is 0.134 e. The van der Waals surface area contributed by atoms with Crippen LogP contribution in [0, 0.1) is 55.4 Å². The fraction of sp³-hybridized carbons (Fsp3) is 0.253. The van der Waals surface area contributed by atoms with Gasteiger partial charge in [-0.15, -0.1) is 11.3 Å². The highest BCUT2D eigenvalue weighted by atomic mass is 32.1. The first-order chi connectivity index (χ1) is 44.6.